The van der Waals surface area contributed by atoms with E-state index in [0.29, 0.717) is 52.0 Å². The van der Waals surface area contributed by atoms with E-state index in [-0.39, 0.29) is 5.91 Å². The van der Waals surface area contributed by atoms with Gasteiger partial charge in [-0.25, -0.2) is 4.79 Å². The van der Waals surface area contributed by atoms with Gasteiger partial charge >= 0.3 is 5.97 Å². The Bertz CT molecular complexity index is 772. The number of rotatable bonds is 8. The van der Waals surface area contributed by atoms with Crippen LogP contribution in [0.25, 0.3) is 0 Å². The maximum absolute atomic E-state index is 12.8. The van der Waals surface area contributed by atoms with Crippen molar-refractivity contribution in [1.29, 1.82) is 0 Å². The molecule has 0 saturated heterocycles. The number of hydrogen-bond donors (Lipinski definition) is 2. The largest absolute Gasteiger partial charge is 0.465 e. The molecule has 1 aromatic heterocycles. The van der Waals surface area contributed by atoms with Crippen molar-refractivity contribution in [2.24, 2.45) is 0 Å². The van der Waals surface area contributed by atoms with Gasteiger partial charge in [0.2, 0.25) is 0 Å². The first kappa shape index (κ1) is 23.9. The predicted octanol–water partition coefficient (Wildman–Crippen LogP) is 3.80. The number of carbonyl (C=O) groups excluding carboxylic acids is 2. The van der Waals surface area contributed by atoms with E-state index in [1.807, 2.05) is 27.7 Å². The Balaban J connectivity index is 3.29. The van der Waals surface area contributed by atoms with E-state index in [0.717, 1.165) is 0 Å². The molecule has 0 aromatic carbocycles. The number of esters is 1. The monoisotopic (exact) mass is 423 g/mol. The van der Waals surface area contributed by atoms with Gasteiger partial charge in [-0.15, -0.1) is 17.8 Å². The molecule has 1 rings (SSSR count). The summed E-state index contributed by atoms with van der Waals surface area (Å²) in [6, 6.07) is 0. The summed E-state index contributed by atoms with van der Waals surface area (Å²) in [5.74, 6) is 2.12. The summed E-state index contributed by atoms with van der Waals surface area (Å²) in [7, 11) is 1.31. The molecular formula is C20H29N3O3S2. The van der Waals surface area contributed by atoms with Crippen LogP contribution in [0.4, 0.5) is 5.00 Å². The van der Waals surface area contributed by atoms with Gasteiger partial charge in [0.25, 0.3) is 5.91 Å². The van der Waals surface area contributed by atoms with Crippen molar-refractivity contribution in [3.05, 3.63) is 16.0 Å². The molecule has 0 fully saturated rings. The first-order valence-electron chi connectivity index (χ1n) is 9.31. The molecule has 28 heavy (non-hydrogen) atoms. The van der Waals surface area contributed by atoms with Crippen LogP contribution in [-0.4, -0.2) is 47.6 Å². The Labute approximate surface area is 177 Å². The van der Waals surface area contributed by atoms with E-state index in [9.17, 15) is 9.59 Å². The third-order valence-electron chi connectivity index (χ3n) is 4.84. The molecule has 0 spiro atoms. The minimum absolute atomic E-state index is 0.121. The molecule has 0 aliphatic rings. The second kappa shape index (κ2) is 10.4. The summed E-state index contributed by atoms with van der Waals surface area (Å²) in [5, 5.41) is 6.97. The first-order chi connectivity index (χ1) is 13.2. The Morgan fingerprint density at radius 1 is 1.25 bits per heavy atom. The van der Waals surface area contributed by atoms with E-state index in [2.05, 4.69) is 16.6 Å². The van der Waals surface area contributed by atoms with E-state index >= 15 is 0 Å². The summed E-state index contributed by atoms with van der Waals surface area (Å²) >= 11 is 6.61. The van der Waals surface area contributed by atoms with Crippen molar-refractivity contribution in [3.8, 4) is 12.3 Å². The normalized spacial score (nSPS) is 10.8. The highest BCUT2D eigenvalue weighted by molar-refractivity contribution is 7.80. The standard InChI is InChI=1S/C20H29N3O3S2/c1-8-20(9-2,10-3)22-19(27)21-16-14(18(25)26-7)13(6)15(28-16)17(24)23(11-4)12-5/h1H,9-12H2,2-7H3,(H2,21,22,27). The average Bonchev–Trinajstić information content (AvgIpc) is 3.02. The molecule has 0 radical (unpaired) electrons. The number of nitrogens with zero attached hydrogens (tertiary/aromatic N) is 1. The van der Waals surface area contributed by atoms with Crippen LogP contribution < -0.4 is 10.6 Å². The molecular weight excluding hydrogens is 394 g/mol. The molecule has 1 amide bonds. The number of methoxy groups -OCH3 is 1. The highest BCUT2D eigenvalue weighted by Crippen LogP contribution is 2.34. The molecule has 0 unspecified atom stereocenters. The summed E-state index contributed by atoms with van der Waals surface area (Å²) in [6.07, 6.45) is 7.07. The van der Waals surface area contributed by atoms with E-state index in [4.69, 9.17) is 23.4 Å². The molecule has 2 N–H and O–H groups in total. The van der Waals surface area contributed by atoms with Crippen LogP contribution in [0.1, 0.15) is 66.1 Å². The first-order valence-corrected chi connectivity index (χ1v) is 10.5. The van der Waals surface area contributed by atoms with Crippen molar-refractivity contribution < 1.29 is 14.3 Å². The Morgan fingerprint density at radius 2 is 1.82 bits per heavy atom. The van der Waals surface area contributed by atoms with Crippen molar-refractivity contribution in [2.75, 3.05) is 25.5 Å². The van der Waals surface area contributed by atoms with Gasteiger partial charge in [-0.1, -0.05) is 19.8 Å². The van der Waals surface area contributed by atoms with Gasteiger partial charge in [0.05, 0.1) is 23.1 Å². The number of ether oxygens (including phenoxy) is 1. The average molecular weight is 424 g/mol. The molecule has 6 nitrogen and oxygen atoms in total. The summed E-state index contributed by atoms with van der Waals surface area (Å²) in [6.45, 7) is 10.7. The summed E-state index contributed by atoms with van der Waals surface area (Å²) in [5.41, 5.74) is 0.321. The lowest BCUT2D eigenvalue weighted by molar-refractivity contribution is 0.0601. The van der Waals surface area contributed by atoms with Crippen LogP contribution in [0.5, 0.6) is 0 Å². The molecule has 8 heteroatoms. The zero-order valence-electron chi connectivity index (χ0n) is 17.4. The van der Waals surface area contributed by atoms with Gasteiger partial charge in [0.1, 0.15) is 5.00 Å². The van der Waals surface area contributed by atoms with E-state index in [1.54, 1.807) is 11.8 Å². The number of thiocarbonyl (C=S) groups is 1. The lowest BCUT2D eigenvalue weighted by Gasteiger charge is -2.28. The fraction of sp³-hybridized carbons (Fsp3) is 0.550. The highest BCUT2D eigenvalue weighted by Gasteiger charge is 2.29. The summed E-state index contributed by atoms with van der Waals surface area (Å²) in [4.78, 5) is 27.4. The van der Waals surface area contributed by atoms with Crippen LogP contribution in [0.15, 0.2) is 0 Å². The topological polar surface area (TPSA) is 70.7 Å². The summed E-state index contributed by atoms with van der Waals surface area (Å²) < 4.78 is 4.92. The second-order valence-corrected chi connectivity index (χ2v) is 7.67. The number of hydrogen-bond acceptors (Lipinski definition) is 5. The van der Waals surface area contributed by atoms with Crippen LogP contribution >= 0.6 is 23.6 Å². The molecule has 1 heterocycles. The van der Waals surface area contributed by atoms with Gasteiger partial charge in [0.15, 0.2) is 5.11 Å². The Kier molecular flexibility index (Phi) is 8.92. The van der Waals surface area contributed by atoms with E-state index < -0.39 is 11.5 Å². The fourth-order valence-electron chi connectivity index (χ4n) is 2.83. The number of anilines is 1. The molecule has 0 atom stereocenters. The van der Waals surface area contributed by atoms with Gasteiger partial charge < -0.3 is 20.3 Å². The van der Waals surface area contributed by atoms with Gasteiger partial charge in [-0.2, -0.15) is 0 Å². The Hall–Kier alpha value is -2.11. The molecule has 0 aliphatic heterocycles. The molecule has 0 aliphatic carbocycles. The number of amides is 1. The van der Waals surface area contributed by atoms with Crippen LogP contribution in [0.2, 0.25) is 0 Å². The number of thiophene rings is 1. The van der Waals surface area contributed by atoms with Gasteiger partial charge in [0, 0.05) is 13.1 Å². The van der Waals surface area contributed by atoms with Crippen molar-refractivity contribution >= 4 is 45.5 Å². The molecule has 1 aromatic rings. The lowest BCUT2D eigenvalue weighted by atomic mass is 9.94. The predicted molar refractivity (Wildman–Crippen MR) is 119 cm³/mol. The highest BCUT2D eigenvalue weighted by atomic mass is 32.1. The van der Waals surface area contributed by atoms with Crippen LogP contribution in [0, 0.1) is 19.3 Å². The molecule has 154 valence electrons. The van der Waals surface area contributed by atoms with Crippen molar-refractivity contribution in [2.45, 2.75) is 53.0 Å². The smallest absolute Gasteiger partial charge is 0.341 e. The van der Waals surface area contributed by atoms with Crippen molar-refractivity contribution in [3.63, 3.8) is 0 Å². The zero-order chi connectivity index (χ0) is 21.5. The molecule has 0 saturated carbocycles. The zero-order valence-corrected chi connectivity index (χ0v) is 19.0. The van der Waals surface area contributed by atoms with Gasteiger partial charge in [-0.05, 0) is 51.4 Å². The molecule has 0 bridgehead atoms. The quantitative estimate of drug-likeness (QED) is 0.376. The third kappa shape index (κ3) is 5.03. The SMILES string of the molecule is C#CC(CC)(CC)NC(=S)Nc1sc(C(=O)N(CC)CC)c(C)c1C(=O)OC. The number of terminal acetylenes is 1. The minimum Gasteiger partial charge on any atom is -0.465 e. The number of carbonyl (C=O) groups is 2. The van der Waals surface area contributed by atoms with Crippen LogP contribution in [-0.2, 0) is 4.74 Å². The minimum atomic E-state index is -0.568. The number of nitrogens with one attached hydrogen (secondary N) is 2. The van der Waals surface area contributed by atoms with Gasteiger partial charge in [-0.3, -0.25) is 4.79 Å². The maximum atomic E-state index is 12.8. The van der Waals surface area contributed by atoms with Crippen molar-refractivity contribution in [1.82, 2.24) is 10.2 Å². The van der Waals surface area contributed by atoms with Crippen LogP contribution in [0.3, 0.4) is 0 Å². The van der Waals surface area contributed by atoms with E-state index in [1.165, 1.54) is 18.4 Å². The fourth-order valence-corrected chi connectivity index (χ4v) is 4.36. The lowest BCUT2D eigenvalue weighted by Crippen LogP contribution is -2.48. The Morgan fingerprint density at radius 3 is 2.25 bits per heavy atom. The maximum Gasteiger partial charge on any atom is 0.341 e. The second-order valence-electron chi connectivity index (χ2n) is 6.24. The third-order valence-corrected chi connectivity index (χ3v) is 6.24.